The number of benzene rings is 1. The molecule has 2 N–H and O–H groups in total. The summed E-state index contributed by atoms with van der Waals surface area (Å²) in [5, 5.41) is 11.8. The van der Waals surface area contributed by atoms with Gasteiger partial charge in [-0.1, -0.05) is 12.1 Å². The number of carbonyl (C=O) groups excluding carboxylic acids is 1. The molecule has 86 valence electrons. The molecule has 4 nitrogen and oxygen atoms in total. The summed E-state index contributed by atoms with van der Waals surface area (Å²) in [5.41, 5.74) is 3.25. The number of likely N-dealkylation sites (N-methyl/N-ethyl adjacent to an activating group) is 1. The quantitative estimate of drug-likeness (QED) is 0.717. The molecule has 1 heterocycles. The van der Waals surface area contributed by atoms with Crippen molar-refractivity contribution in [2.75, 3.05) is 25.1 Å². The van der Waals surface area contributed by atoms with E-state index in [9.17, 15) is 4.79 Å². The van der Waals surface area contributed by atoms with Crippen LogP contribution in [0, 0.1) is 0 Å². The molecule has 0 atom stereocenters. The maximum absolute atomic E-state index is 11.5. The number of amides is 1. The summed E-state index contributed by atoms with van der Waals surface area (Å²) in [6, 6.07) is 6.05. The molecule has 0 aromatic heterocycles. The van der Waals surface area contributed by atoms with Crippen LogP contribution in [0.2, 0.25) is 0 Å². The third-order valence-electron chi connectivity index (χ3n) is 2.84. The summed E-state index contributed by atoms with van der Waals surface area (Å²) in [7, 11) is 1.80. The minimum Gasteiger partial charge on any atom is -0.395 e. The molecular weight excluding hydrogens is 204 g/mol. The number of fused-ring (bicyclic) bond motifs is 1. The van der Waals surface area contributed by atoms with E-state index in [1.807, 2.05) is 12.1 Å². The van der Waals surface area contributed by atoms with Crippen molar-refractivity contribution in [3.8, 4) is 0 Å². The van der Waals surface area contributed by atoms with Gasteiger partial charge in [0.2, 0.25) is 5.91 Å². The lowest BCUT2D eigenvalue weighted by Gasteiger charge is -2.10. The number of nitrogens with zero attached hydrogens (tertiary/aromatic N) is 1. The van der Waals surface area contributed by atoms with Gasteiger partial charge in [-0.05, 0) is 17.2 Å². The average Bonchev–Trinajstić information content (AvgIpc) is 2.55. The Morgan fingerprint density at radius 2 is 2.31 bits per heavy atom. The zero-order chi connectivity index (χ0) is 11.5. The predicted octanol–water partition coefficient (Wildman–Crippen LogP) is 0.287. The highest BCUT2D eigenvalue weighted by Gasteiger charge is 2.23. The van der Waals surface area contributed by atoms with Crippen LogP contribution in [0.5, 0.6) is 0 Å². The van der Waals surface area contributed by atoms with Crippen molar-refractivity contribution in [1.82, 2.24) is 5.32 Å². The number of anilines is 1. The van der Waals surface area contributed by atoms with Gasteiger partial charge in [0.05, 0.1) is 13.0 Å². The van der Waals surface area contributed by atoms with E-state index in [2.05, 4.69) is 11.4 Å². The van der Waals surface area contributed by atoms with E-state index in [1.54, 1.807) is 11.9 Å². The van der Waals surface area contributed by atoms with Crippen molar-refractivity contribution in [3.05, 3.63) is 29.3 Å². The van der Waals surface area contributed by atoms with Crippen molar-refractivity contribution in [1.29, 1.82) is 0 Å². The van der Waals surface area contributed by atoms with Crippen molar-refractivity contribution in [2.45, 2.75) is 13.0 Å². The Kier molecular flexibility index (Phi) is 3.22. The third kappa shape index (κ3) is 2.08. The number of aliphatic hydroxyl groups excluding tert-OH is 1. The number of aliphatic hydroxyl groups is 1. The second-order valence-electron chi connectivity index (χ2n) is 3.99. The molecule has 1 aliphatic heterocycles. The smallest absolute Gasteiger partial charge is 0.231 e. The summed E-state index contributed by atoms with van der Waals surface area (Å²) in [4.78, 5) is 13.2. The lowest BCUT2D eigenvalue weighted by atomic mass is 10.1. The van der Waals surface area contributed by atoms with E-state index in [4.69, 9.17) is 5.11 Å². The molecule has 2 rings (SSSR count). The Morgan fingerprint density at radius 1 is 1.50 bits per heavy atom. The molecule has 1 amide bonds. The Morgan fingerprint density at radius 3 is 3.06 bits per heavy atom. The highest BCUT2D eigenvalue weighted by Crippen LogP contribution is 2.28. The van der Waals surface area contributed by atoms with Gasteiger partial charge in [0.15, 0.2) is 0 Å². The van der Waals surface area contributed by atoms with Crippen molar-refractivity contribution in [3.63, 3.8) is 0 Å². The van der Waals surface area contributed by atoms with Crippen LogP contribution in [-0.2, 0) is 17.8 Å². The molecule has 16 heavy (non-hydrogen) atoms. The first kappa shape index (κ1) is 11.1. The Labute approximate surface area is 94.9 Å². The number of nitrogens with one attached hydrogen (secondary N) is 1. The van der Waals surface area contributed by atoms with E-state index >= 15 is 0 Å². The summed E-state index contributed by atoms with van der Waals surface area (Å²) >= 11 is 0. The molecule has 0 saturated carbocycles. The zero-order valence-electron chi connectivity index (χ0n) is 9.36. The van der Waals surface area contributed by atoms with E-state index in [1.165, 1.54) is 0 Å². The van der Waals surface area contributed by atoms with Gasteiger partial charge in [-0.15, -0.1) is 0 Å². The van der Waals surface area contributed by atoms with Crippen LogP contribution in [0.1, 0.15) is 11.1 Å². The van der Waals surface area contributed by atoms with Gasteiger partial charge in [0.25, 0.3) is 0 Å². The van der Waals surface area contributed by atoms with Crippen molar-refractivity contribution >= 4 is 11.6 Å². The molecule has 1 aromatic carbocycles. The summed E-state index contributed by atoms with van der Waals surface area (Å²) in [6.07, 6.45) is 0.500. The van der Waals surface area contributed by atoms with Crippen LogP contribution in [0.4, 0.5) is 5.69 Å². The maximum Gasteiger partial charge on any atom is 0.231 e. The van der Waals surface area contributed by atoms with Crippen LogP contribution in [-0.4, -0.2) is 31.2 Å². The average molecular weight is 220 g/mol. The summed E-state index contributed by atoms with van der Waals surface area (Å²) in [5.74, 6) is 0.149. The second-order valence-corrected chi connectivity index (χ2v) is 3.99. The largest absolute Gasteiger partial charge is 0.395 e. The fourth-order valence-corrected chi connectivity index (χ4v) is 1.95. The maximum atomic E-state index is 11.5. The lowest BCUT2D eigenvalue weighted by Crippen LogP contribution is -2.20. The normalized spacial score (nSPS) is 14.4. The molecule has 0 saturated heterocycles. The predicted molar refractivity (Wildman–Crippen MR) is 62.3 cm³/mol. The zero-order valence-corrected chi connectivity index (χ0v) is 9.36. The molecular formula is C12H16N2O2. The number of hydrogen-bond acceptors (Lipinski definition) is 3. The molecule has 0 radical (unpaired) electrons. The van der Waals surface area contributed by atoms with Crippen LogP contribution in [0.25, 0.3) is 0 Å². The Balaban J connectivity index is 2.09. The van der Waals surface area contributed by atoms with Crippen LogP contribution >= 0.6 is 0 Å². The Bertz CT molecular complexity index is 404. The van der Waals surface area contributed by atoms with E-state index in [0.29, 0.717) is 13.0 Å². The van der Waals surface area contributed by atoms with Crippen LogP contribution < -0.4 is 10.2 Å². The minimum atomic E-state index is 0.145. The molecule has 0 aliphatic carbocycles. The van der Waals surface area contributed by atoms with Crippen LogP contribution in [0.3, 0.4) is 0 Å². The molecule has 1 aromatic rings. The molecule has 0 fully saturated rings. The van der Waals surface area contributed by atoms with E-state index < -0.39 is 0 Å². The van der Waals surface area contributed by atoms with Crippen LogP contribution in [0.15, 0.2) is 18.2 Å². The molecule has 4 heteroatoms. The van der Waals surface area contributed by atoms with Gasteiger partial charge < -0.3 is 15.3 Å². The van der Waals surface area contributed by atoms with Gasteiger partial charge in [0, 0.05) is 25.8 Å². The monoisotopic (exact) mass is 220 g/mol. The fraction of sp³-hybridized carbons (Fsp3) is 0.417. The standard InChI is InChI=1S/C12H16N2O2/c1-14-11-3-2-9(8-13-4-5-15)6-10(11)7-12(14)16/h2-3,6,13,15H,4-5,7-8H2,1H3. The summed E-state index contributed by atoms with van der Waals surface area (Å²) < 4.78 is 0. The number of carbonyl (C=O) groups is 1. The molecule has 0 bridgehead atoms. The van der Waals surface area contributed by atoms with Gasteiger partial charge in [0.1, 0.15) is 0 Å². The van der Waals surface area contributed by atoms with Gasteiger partial charge in [-0.25, -0.2) is 0 Å². The van der Waals surface area contributed by atoms with Crippen molar-refractivity contribution < 1.29 is 9.90 Å². The molecule has 0 unspecified atom stereocenters. The Hall–Kier alpha value is -1.39. The van der Waals surface area contributed by atoms with Crippen molar-refractivity contribution in [2.24, 2.45) is 0 Å². The first-order valence-corrected chi connectivity index (χ1v) is 5.42. The summed E-state index contributed by atoms with van der Waals surface area (Å²) in [6.45, 7) is 1.47. The highest BCUT2D eigenvalue weighted by molar-refractivity contribution is 6.00. The van der Waals surface area contributed by atoms with Gasteiger partial charge >= 0.3 is 0 Å². The number of hydrogen-bond donors (Lipinski definition) is 2. The lowest BCUT2D eigenvalue weighted by molar-refractivity contribution is -0.117. The SMILES string of the molecule is CN1C(=O)Cc2cc(CNCCO)ccc21. The first-order valence-electron chi connectivity index (χ1n) is 5.42. The third-order valence-corrected chi connectivity index (χ3v) is 2.84. The molecule has 0 spiro atoms. The number of rotatable bonds is 4. The topological polar surface area (TPSA) is 52.6 Å². The fourth-order valence-electron chi connectivity index (χ4n) is 1.95. The minimum absolute atomic E-state index is 0.145. The first-order chi connectivity index (χ1) is 7.72. The van der Waals surface area contributed by atoms with E-state index in [-0.39, 0.29) is 12.5 Å². The molecule has 1 aliphatic rings. The van der Waals surface area contributed by atoms with Gasteiger partial charge in [-0.3, -0.25) is 4.79 Å². The van der Waals surface area contributed by atoms with E-state index in [0.717, 1.165) is 23.4 Å². The van der Waals surface area contributed by atoms with Gasteiger partial charge in [-0.2, -0.15) is 0 Å². The highest BCUT2D eigenvalue weighted by atomic mass is 16.3. The second kappa shape index (κ2) is 4.63.